The van der Waals surface area contributed by atoms with E-state index in [9.17, 15) is 4.79 Å². The third-order valence-corrected chi connectivity index (χ3v) is 3.47. The molecule has 0 aliphatic rings. The van der Waals surface area contributed by atoms with Crippen LogP contribution in [0.1, 0.15) is 10.4 Å². The fraction of sp³-hybridized carbons (Fsp3) is 0. The second kappa shape index (κ2) is 4.01. The van der Waals surface area contributed by atoms with E-state index in [0.29, 0.717) is 16.3 Å². The van der Waals surface area contributed by atoms with Gasteiger partial charge in [0.1, 0.15) is 0 Å². The SMILES string of the molecule is O=Cc1c(Cl)c(Cl)c2ccccc2c1Cl. The van der Waals surface area contributed by atoms with Crippen molar-refractivity contribution in [3.05, 3.63) is 44.9 Å². The largest absolute Gasteiger partial charge is 0.298 e. The molecule has 1 nitrogen and oxygen atoms in total. The summed E-state index contributed by atoms with van der Waals surface area (Å²) in [4.78, 5) is 10.8. The number of carbonyl (C=O) groups is 1. The van der Waals surface area contributed by atoms with Crippen LogP contribution in [0.15, 0.2) is 24.3 Å². The van der Waals surface area contributed by atoms with Gasteiger partial charge >= 0.3 is 0 Å². The van der Waals surface area contributed by atoms with Crippen molar-refractivity contribution in [1.29, 1.82) is 0 Å². The predicted molar refractivity (Wildman–Crippen MR) is 64.4 cm³/mol. The average Bonchev–Trinajstić information content (AvgIpc) is 2.27. The molecule has 0 spiro atoms. The highest BCUT2D eigenvalue weighted by Gasteiger charge is 2.14. The molecule has 0 saturated heterocycles. The van der Waals surface area contributed by atoms with E-state index in [1.165, 1.54) is 0 Å². The van der Waals surface area contributed by atoms with Gasteiger partial charge in [0.2, 0.25) is 0 Å². The van der Waals surface area contributed by atoms with Crippen LogP contribution in [0.2, 0.25) is 15.1 Å². The predicted octanol–water partition coefficient (Wildman–Crippen LogP) is 4.61. The van der Waals surface area contributed by atoms with E-state index < -0.39 is 0 Å². The molecule has 0 bridgehead atoms. The first-order valence-corrected chi connectivity index (χ1v) is 5.30. The smallest absolute Gasteiger partial charge is 0.153 e. The normalized spacial score (nSPS) is 10.6. The molecule has 0 radical (unpaired) electrons. The van der Waals surface area contributed by atoms with E-state index >= 15 is 0 Å². The number of benzene rings is 2. The van der Waals surface area contributed by atoms with Gasteiger partial charge in [-0.25, -0.2) is 0 Å². The second-order valence-corrected chi connectivity index (χ2v) is 4.15. The Hall–Kier alpha value is -0.760. The van der Waals surface area contributed by atoms with Crippen LogP contribution < -0.4 is 0 Å². The van der Waals surface area contributed by atoms with E-state index in [0.717, 1.165) is 10.8 Å². The molecule has 0 aromatic heterocycles. The average molecular weight is 260 g/mol. The van der Waals surface area contributed by atoms with Crippen molar-refractivity contribution in [2.24, 2.45) is 0 Å². The van der Waals surface area contributed by atoms with Gasteiger partial charge in [-0.15, -0.1) is 0 Å². The molecule has 76 valence electrons. The quantitative estimate of drug-likeness (QED) is 0.540. The molecule has 2 rings (SSSR count). The Balaban J connectivity index is 3.02. The van der Waals surface area contributed by atoms with Gasteiger partial charge in [-0.2, -0.15) is 0 Å². The number of rotatable bonds is 1. The minimum absolute atomic E-state index is 0.204. The zero-order valence-corrected chi connectivity index (χ0v) is 9.70. The maximum atomic E-state index is 10.8. The number of fused-ring (bicyclic) bond motifs is 1. The maximum Gasteiger partial charge on any atom is 0.153 e. The lowest BCUT2D eigenvalue weighted by atomic mass is 10.1. The van der Waals surface area contributed by atoms with Crippen LogP contribution in [0.5, 0.6) is 0 Å². The van der Waals surface area contributed by atoms with Crippen molar-refractivity contribution < 1.29 is 4.79 Å². The maximum absolute atomic E-state index is 10.8. The number of hydrogen-bond donors (Lipinski definition) is 0. The fourth-order valence-electron chi connectivity index (χ4n) is 1.45. The Kier molecular flexibility index (Phi) is 2.87. The van der Waals surface area contributed by atoms with Crippen LogP contribution in [0.25, 0.3) is 10.8 Å². The minimum atomic E-state index is 0.204. The molecule has 2 aromatic rings. The fourth-order valence-corrected chi connectivity index (χ4v) is 2.31. The second-order valence-electron chi connectivity index (χ2n) is 3.02. The monoisotopic (exact) mass is 258 g/mol. The molecule has 0 unspecified atom stereocenters. The van der Waals surface area contributed by atoms with Crippen molar-refractivity contribution in [2.75, 3.05) is 0 Å². The molecule has 0 atom stereocenters. The van der Waals surface area contributed by atoms with Crippen LogP contribution in [-0.4, -0.2) is 6.29 Å². The van der Waals surface area contributed by atoms with E-state index in [-0.39, 0.29) is 10.6 Å². The van der Waals surface area contributed by atoms with E-state index in [1.54, 1.807) is 6.07 Å². The molecule has 0 aliphatic carbocycles. The first-order chi connectivity index (χ1) is 7.16. The summed E-state index contributed by atoms with van der Waals surface area (Å²) in [5, 5.41) is 2.39. The first-order valence-electron chi connectivity index (χ1n) is 4.17. The number of carbonyl (C=O) groups excluding carboxylic acids is 1. The topological polar surface area (TPSA) is 17.1 Å². The van der Waals surface area contributed by atoms with Gasteiger partial charge in [-0.1, -0.05) is 59.1 Å². The van der Waals surface area contributed by atoms with Gasteiger partial charge in [0.15, 0.2) is 6.29 Å². The molecule has 0 amide bonds. The van der Waals surface area contributed by atoms with Crippen molar-refractivity contribution in [3.63, 3.8) is 0 Å². The summed E-state index contributed by atoms with van der Waals surface area (Å²) in [6, 6.07) is 7.27. The molecule has 0 N–H and O–H groups in total. The van der Waals surface area contributed by atoms with Gasteiger partial charge < -0.3 is 0 Å². The summed E-state index contributed by atoms with van der Waals surface area (Å²) >= 11 is 18.0. The number of hydrogen-bond acceptors (Lipinski definition) is 1. The summed E-state index contributed by atoms with van der Waals surface area (Å²) in [5.41, 5.74) is 0.238. The van der Waals surface area contributed by atoms with Crippen LogP contribution >= 0.6 is 34.8 Å². The molecule has 15 heavy (non-hydrogen) atoms. The van der Waals surface area contributed by atoms with E-state index in [2.05, 4.69) is 0 Å². The van der Waals surface area contributed by atoms with E-state index in [4.69, 9.17) is 34.8 Å². The Bertz CT molecular complexity index is 549. The number of aldehydes is 1. The molecular weight excluding hydrogens is 254 g/mol. The van der Waals surface area contributed by atoms with Crippen LogP contribution in [0.3, 0.4) is 0 Å². The van der Waals surface area contributed by atoms with Gasteiger partial charge in [-0.3, -0.25) is 4.79 Å². The van der Waals surface area contributed by atoms with Crippen molar-refractivity contribution >= 4 is 51.9 Å². The lowest BCUT2D eigenvalue weighted by Gasteiger charge is -2.08. The zero-order chi connectivity index (χ0) is 11.0. The molecule has 0 heterocycles. The Morgan fingerprint density at radius 3 is 1.93 bits per heavy atom. The molecule has 0 fully saturated rings. The first kappa shape index (κ1) is 10.7. The van der Waals surface area contributed by atoms with Crippen LogP contribution in [-0.2, 0) is 0 Å². The Morgan fingerprint density at radius 1 is 0.867 bits per heavy atom. The van der Waals surface area contributed by atoms with Gasteiger partial charge in [0.25, 0.3) is 0 Å². The summed E-state index contributed by atoms with van der Waals surface area (Å²) in [6.45, 7) is 0. The molecule has 2 aromatic carbocycles. The molecule has 0 aliphatic heterocycles. The summed E-state index contributed by atoms with van der Waals surface area (Å²) < 4.78 is 0. The summed E-state index contributed by atoms with van der Waals surface area (Å²) in [6.07, 6.45) is 0.614. The van der Waals surface area contributed by atoms with Crippen molar-refractivity contribution in [3.8, 4) is 0 Å². The van der Waals surface area contributed by atoms with Crippen LogP contribution in [0.4, 0.5) is 0 Å². The van der Waals surface area contributed by atoms with E-state index in [1.807, 2.05) is 18.2 Å². The molecule has 4 heteroatoms. The van der Waals surface area contributed by atoms with Gasteiger partial charge in [-0.05, 0) is 0 Å². The number of halogens is 3. The third kappa shape index (κ3) is 1.61. The molecular formula is C11H5Cl3O. The highest BCUT2D eigenvalue weighted by Crippen LogP contribution is 2.38. The minimum Gasteiger partial charge on any atom is -0.298 e. The molecule has 0 saturated carbocycles. The van der Waals surface area contributed by atoms with Crippen LogP contribution in [0, 0.1) is 0 Å². The standard InChI is InChI=1S/C11H5Cl3O/c12-9-6-3-1-2-4-7(6)10(13)11(14)8(9)5-15/h1-5H. The van der Waals surface area contributed by atoms with Crippen molar-refractivity contribution in [2.45, 2.75) is 0 Å². The highest BCUT2D eigenvalue weighted by atomic mass is 35.5. The summed E-state index contributed by atoms with van der Waals surface area (Å²) in [5.74, 6) is 0. The Labute approximate surface area is 102 Å². The Morgan fingerprint density at radius 2 is 1.40 bits per heavy atom. The highest BCUT2D eigenvalue weighted by molar-refractivity contribution is 6.50. The van der Waals surface area contributed by atoms with Gasteiger partial charge in [0.05, 0.1) is 20.6 Å². The lowest BCUT2D eigenvalue weighted by molar-refractivity contribution is 0.112. The lowest BCUT2D eigenvalue weighted by Crippen LogP contribution is -1.88. The zero-order valence-electron chi connectivity index (χ0n) is 7.43. The van der Waals surface area contributed by atoms with Gasteiger partial charge in [0, 0.05) is 10.8 Å². The van der Waals surface area contributed by atoms with Crippen molar-refractivity contribution in [1.82, 2.24) is 0 Å². The summed E-state index contributed by atoms with van der Waals surface area (Å²) in [7, 11) is 0. The third-order valence-electron chi connectivity index (χ3n) is 2.18.